The lowest BCUT2D eigenvalue weighted by Gasteiger charge is -2.38. The molecule has 2 unspecified atom stereocenters. The van der Waals surface area contributed by atoms with E-state index in [4.69, 9.17) is 15.2 Å². The van der Waals surface area contributed by atoms with E-state index in [0.717, 1.165) is 31.0 Å². The molecule has 2 fully saturated rings. The molecule has 0 amide bonds. The first-order chi connectivity index (χ1) is 9.81. The standard InChI is InChI=1S/C16H24N2O2/c1-19-15-6-5-12(10-17)9-13(15)11-18-7-8-20-16-4-2-3-14(16)18/h5-6,9,14,16H,2-4,7-8,10-11,17H2,1H3. The van der Waals surface area contributed by atoms with Crippen LogP contribution in [0.1, 0.15) is 30.4 Å². The van der Waals surface area contributed by atoms with Crippen molar-refractivity contribution in [3.8, 4) is 5.75 Å². The second-order valence-electron chi connectivity index (χ2n) is 5.73. The van der Waals surface area contributed by atoms with Crippen molar-refractivity contribution in [2.24, 2.45) is 5.73 Å². The molecule has 3 rings (SSSR count). The monoisotopic (exact) mass is 276 g/mol. The molecule has 1 saturated heterocycles. The smallest absolute Gasteiger partial charge is 0.123 e. The number of morpholine rings is 1. The number of hydrogen-bond acceptors (Lipinski definition) is 4. The van der Waals surface area contributed by atoms with Crippen molar-refractivity contribution in [1.29, 1.82) is 0 Å². The van der Waals surface area contributed by atoms with Gasteiger partial charge in [0, 0.05) is 31.2 Å². The van der Waals surface area contributed by atoms with Gasteiger partial charge in [-0.15, -0.1) is 0 Å². The van der Waals surface area contributed by atoms with Gasteiger partial charge in [0.05, 0.1) is 19.8 Å². The first kappa shape index (κ1) is 13.9. The Labute approximate surface area is 120 Å². The highest BCUT2D eigenvalue weighted by Crippen LogP contribution is 2.32. The molecule has 1 aromatic rings. The van der Waals surface area contributed by atoms with Crippen LogP contribution in [0.2, 0.25) is 0 Å². The summed E-state index contributed by atoms with van der Waals surface area (Å²) in [5, 5.41) is 0. The largest absolute Gasteiger partial charge is 0.496 e. The zero-order valence-corrected chi connectivity index (χ0v) is 12.2. The van der Waals surface area contributed by atoms with Crippen molar-refractivity contribution < 1.29 is 9.47 Å². The predicted molar refractivity (Wildman–Crippen MR) is 78.7 cm³/mol. The van der Waals surface area contributed by atoms with Crippen molar-refractivity contribution in [1.82, 2.24) is 4.90 Å². The van der Waals surface area contributed by atoms with Gasteiger partial charge in [0.1, 0.15) is 5.75 Å². The number of ether oxygens (including phenoxy) is 2. The molecule has 4 heteroatoms. The molecule has 1 heterocycles. The lowest BCUT2D eigenvalue weighted by Crippen LogP contribution is -2.47. The third-order valence-corrected chi connectivity index (χ3v) is 4.55. The summed E-state index contributed by atoms with van der Waals surface area (Å²) in [7, 11) is 1.73. The van der Waals surface area contributed by atoms with Gasteiger partial charge >= 0.3 is 0 Å². The van der Waals surface area contributed by atoms with Crippen LogP contribution in [0.4, 0.5) is 0 Å². The minimum Gasteiger partial charge on any atom is -0.496 e. The molecular weight excluding hydrogens is 252 g/mol. The fraction of sp³-hybridized carbons (Fsp3) is 0.625. The first-order valence-electron chi connectivity index (χ1n) is 7.53. The van der Waals surface area contributed by atoms with E-state index in [1.807, 2.05) is 12.1 Å². The fourth-order valence-electron chi connectivity index (χ4n) is 3.50. The second kappa shape index (κ2) is 6.12. The molecule has 0 radical (unpaired) electrons. The van der Waals surface area contributed by atoms with Crippen molar-refractivity contribution in [2.45, 2.75) is 44.5 Å². The fourth-order valence-corrected chi connectivity index (χ4v) is 3.50. The topological polar surface area (TPSA) is 47.7 Å². The zero-order valence-electron chi connectivity index (χ0n) is 12.2. The number of fused-ring (bicyclic) bond motifs is 1. The average Bonchev–Trinajstić information content (AvgIpc) is 2.96. The Hall–Kier alpha value is -1.10. The Morgan fingerprint density at radius 1 is 1.40 bits per heavy atom. The molecular formula is C16H24N2O2. The van der Waals surface area contributed by atoms with Crippen LogP contribution in [0.3, 0.4) is 0 Å². The molecule has 1 aliphatic carbocycles. The summed E-state index contributed by atoms with van der Waals surface area (Å²) in [6.07, 6.45) is 4.18. The van der Waals surface area contributed by atoms with Gasteiger partial charge in [0.15, 0.2) is 0 Å². The average molecular weight is 276 g/mol. The Balaban J connectivity index is 1.79. The van der Waals surface area contributed by atoms with Crippen molar-refractivity contribution in [3.63, 3.8) is 0 Å². The van der Waals surface area contributed by atoms with Gasteiger partial charge in [-0.2, -0.15) is 0 Å². The second-order valence-corrected chi connectivity index (χ2v) is 5.73. The number of nitrogens with zero attached hydrogens (tertiary/aromatic N) is 1. The van der Waals surface area contributed by atoms with Gasteiger partial charge in [0.2, 0.25) is 0 Å². The van der Waals surface area contributed by atoms with E-state index in [-0.39, 0.29) is 0 Å². The molecule has 0 bridgehead atoms. The molecule has 110 valence electrons. The lowest BCUT2D eigenvalue weighted by molar-refractivity contribution is -0.0589. The van der Waals surface area contributed by atoms with Crippen LogP contribution in [0.5, 0.6) is 5.75 Å². The summed E-state index contributed by atoms with van der Waals surface area (Å²) < 4.78 is 11.4. The summed E-state index contributed by atoms with van der Waals surface area (Å²) in [6, 6.07) is 6.83. The predicted octanol–water partition coefficient (Wildman–Crippen LogP) is 1.91. The van der Waals surface area contributed by atoms with E-state index in [1.165, 1.54) is 24.8 Å². The Bertz CT molecular complexity index is 464. The highest BCUT2D eigenvalue weighted by Gasteiger charge is 2.36. The first-order valence-corrected chi connectivity index (χ1v) is 7.53. The zero-order chi connectivity index (χ0) is 13.9. The molecule has 0 spiro atoms. The molecule has 1 saturated carbocycles. The maximum atomic E-state index is 5.88. The summed E-state index contributed by atoms with van der Waals surface area (Å²) >= 11 is 0. The molecule has 0 aromatic heterocycles. The van der Waals surface area contributed by atoms with Crippen molar-refractivity contribution >= 4 is 0 Å². The van der Waals surface area contributed by atoms with Gasteiger partial charge in [-0.1, -0.05) is 6.07 Å². The summed E-state index contributed by atoms with van der Waals surface area (Å²) in [6.45, 7) is 3.37. The number of benzene rings is 1. The molecule has 4 nitrogen and oxygen atoms in total. The van der Waals surface area contributed by atoms with E-state index < -0.39 is 0 Å². The maximum absolute atomic E-state index is 5.88. The number of rotatable bonds is 4. The van der Waals surface area contributed by atoms with Crippen LogP contribution in [0.15, 0.2) is 18.2 Å². The molecule has 1 aromatic carbocycles. The highest BCUT2D eigenvalue weighted by atomic mass is 16.5. The summed E-state index contributed by atoms with van der Waals surface area (Å²) in [4.78, 5) is 2.55. The number of nitrogens with two attached hydrogens (primary N) is 1. The minimum absolute atomic E-state index is 0.437. The van der Waals surface area contributed by atoms with E-state index in [1.54, 1.807) is 7.11 Å². The molecule has 1 aliphatic heterocycles. The quantitative estimate of drug-likeness (QED) is 0.912. The summed E-state index contributed by atoms with van der Waals surface area (Å²) in [5.41, 5.74) is 8.16. The van der Waals surface area contributed by atoms with Crippen molar-refractivity contribution in [3.05, 3.63) is 29.3 Å². The van der Waals surface area contributed by atoms with Crippen LogP contribution in [0.25, 0.3) is 0 Å². The Morgan fingerprint density at radius 2 is 2.30 bits per heavy atom. The highest BCUT2D eigenvalue weighted by molar-refractivity contribution is 5.37. The Kier molecular flexibility index (Phi) is 4.24. The molecule has 2 aliphatic rings. The Morgan fingerprint density at radius 3 is 3.10 bits per heavy atom. The van der Waals surface area contributed by atoms with Gasteiger partial charge < -0.3 is 15.2 Å². The summed E-state index contributed by atoms with van der Waals surface area (Å²) in [5.74, 6) is 0.961. The van der Waals surface area contributed by atoms with E-state index >= 15 is 0 Å². The van der Waals surface area contributed by atoms with Gasteiger partial charge in [-0.25, -0.2) is 0 Å². The van der Waals surface area contributed by atoms with E-state index in [0.29, 0.717) is 18.7 Å². The SMILES string of the molecule is COc1ccc(CN)cc1CN1CCOC2CCCC21. The van der Waals surface area contributed by atoms with Crippen LogP contribution < -0.4 is 10.5 Å². The maximum Gasteiger partial charge on any atom is 0.123 e. The van der Waals surface area contributed by atoms with Crippen LogP contribution >= 0.6 is 0 Å². The normalized spacial score (nSPS) is 26.5. The minimum atomic E-state index is 0.437. The van der Waals surface area contributed by atoms with E-state index in [9.17, 15) is 0 Å². The molecule has 20 heavy (non-hydrogen) atoms. The number of hydrogen-bond donors (Lipinski definition) is 1. The molecule has 2 N–H and O–H groups in total. The van der Waals surface area contributed by atoms with Gasteiger partial charge in [-0.3, -0.25) is 4.90 Å². The lowest BCUT2D eigenvalue weighted by atomic mass is 10.1. The van der Waals surface area contributed by atoms with Gasteiger partial charge in [-0.05, 0) is 37.0 Å². The third kappa shape index (κ3) is 2.68. The van der Waals surface area contributed by atoms with E-state index in [2.05, 4.69) is 11.0 Å². The molecule has 2 atom stereocenters. The van der Waals surface area contributed by atoms with Crippen LogP contribution in [-0.2, 0) is 17.8 Å². The van der Waals surface area contributed by atoms with Crippen molar-refractivity contribution in [2.75, 3.05) is 20.3 Å². The number of methoxy groups -OCH3 is 1. The third-order valence-electron chi connectivity index (χ3n) is 4.55. The van der Waals surface area contributed by atoms with Crippen LogP contribution in [0, 0.1) is 0 Å². The van der Waals surface area contributed by atoms with Gasteiger partial charge in [0.25, 0.3) is 0 Å². The van der Waals surface area contributed by atoms with Crippen LogP contribution in [-0.4, -0.2) is 37.3 Å².